The summed E-state index contributed by atoms with van der Waals surface area (Å²) in [5.74, 6) is -0.210. The summed E-state index contributed by atoms with van der Waals surface area (Å²) in [6, 6.07) is 34.3. The Hall–Kier alpha value is -5.88. The number of ether oxygens (including phenoxy) is 3. The van der Waals surface area contributed by atoms with Crippen molar-refractivity contribution in [3.8, 4) is 28.4 Å². The average molecular weight is 638 g/mol. The van der Waals surface area contributed by atoms with Crippen LogP contribution >= 0.6 is 0 Å². The highest BCUT2D eigenvalue weighted by atomic mass is 16.5. The van der Waals surface area contributed by atoms with Crippen LogP contribution in [-0.2, 0) is 9.59 Å². The molecule has 0 radical (unpaired) electrons. The molecule has 0 aliphatic heterocycles. The number of carbonyl (C=O) groups is 2. The Morgan fingerprint density at radius 2 is 1.00 bits per heavy atom. The summed E-state index contributed by atoms with van der Waals surface area (Å²) in [4.78, 5) is 25.9. The Balaban J connectivity index is 1.36. The first kappa shape index (κ1) is 33.5. The van der Waals surface area contributed by atoms with Crippen LogP contribution in [0.15, 0.2) is 128 Å². The fourth-order valence-electron chi connectivity index (χ4n) is 5.24. The molecular weight excluding hydrogens is 598 g/mol. The van der Waals surface area contributed by atoms with E-state index in [-0.39, 0.29) is 11.5 Å². The van der Waals surface area contributed by atoms with E-state index < -0.39 is 18.0 Å². The second-order valence-corrected chi connectivity index (χ2v) is 11.7. The van der Waals surface area contributed by atoms with Crippen molar-refractivity contribution in [3.63, 3.8) is 0 Å². The van der Waals surface area contributed by atoms with E-state index in [9.17, 15) is 9.59 Å². The van der Waals surface area contributed by atoms with Crippen molar-refractivity contribution in [2.24, 2.45) is 0 Å². The predicted molar refractivity (Wildman–Crippen MR) is 193 cm³/mol. The minimum absolute atomic E-state index is 0.201. The lowest BCUT2D eigenvalue weighted by Gasteiger charge is -2.27. The van der Waals surface area contributed by atoms with Crippen molar-refractivity contribution in [2.75, 3.05) is 4.90 Å². The second-order valence-electron chi connectivity index (χ2n) is 11.7. The molecule has 0 aromatic heterocycles. The number of esters is 2. The topological polar surface area (TPSA) is 65.1 Å². The van der Waals surface area contributed by atoms with Gasteiger partial charge in [0.1, 0.15) is 23.4 Å². The van der Waals surface area contributed by atoms with E-state index >= 15 is 0 Å². The molecule has 242 valence electrons. The zero-order valence-electron chi connectivity index (χ0n) is 27.9. The van der Waals surface area contributed by atoms with E-state index in [0.29, 0.717) is 11.3 Å². The fraction of sp³-hybridized carbons (Fsp3) is 0.143. The molecule has 0 fully saturated rings. The minimum atomic E-state index is -0.631. The molecule has 0 bridgehead atoms. The van der Waals surface area contributed by atoms with Crippen molar-refractivity contribution >= 4 is 29.0 Å². The van der Waals surface area contributed by atoms with Gasteiger partial charge in [-0.15, -0.1) is 0 Å². The van der Waals surface area contributed by atoms with Crippen LogP contribution in [0.1, 0.15) is 40.8 Å². The molecule has 0 heterocycles. The molecule has 6 nitrogen and oxygen atoms in total. The second kappa shape index (κ2) is 14.7. The van der Waals surface area contributed by atoms with E-state index in [1.54, 1.807) is 12.1 Å². The lowest BCUT2D eigenvalue weighted by Crippen LogP contribution is -2.10. The van der Waals surface area contributed by atoms with Crippen LogP contribution in [0.25, 0.3) is 11.1 Å². The molecule has 0 aliphatic rings. The van der Waals surface area contributed by atoms with Gasteiger partial charge in [-0.05, 0) is 134 Å². The normalized spacial score (nSPS) is 11.3. The molecule has 0 N–H and O–H groups in total. The van der Waals surface area contributed by atoms with Crippen molar-refractivity contribution in [1.29, 1.82) is 0 Å². The predicted octanol–water partition coefficient (Wildman–Crippen LogP) is 10.4. The van der Waals surface area contributed by atoms with Crippen LogP contribution in [0.5, 0.6) is 17.2 Å². The van der Waals surface area contributed by atoms with E-state index in [1.807, 2.05) is 31.2 Å². The van der Waals surface area contributed by atoms with Crippen LogP contribution in [0.2, 0.25) is 0 Å². The highest BCUT2D eigenvalue weighted by Crippen LogP contribution is 2.38. The summed E-state index contributed by atoms with van der Waals surface area (Å²) in [7, 11) is 0. The van der Waals surface area contributed by atoms with E-state index in [1.165, 1.54) is 28.3 Å². The van der Waals surface area contributed by atoms with Gasteiger partial charge < -0.3 is 19.1 Å². The highest BCUT2D eigenvalue weighted by molar-refractivity contribution is 5.85. The zero-order chi connectivity index (χ0) is 34.4. The molecule has 0 aliphatic carbocycles. The number of carbonyl (C=O) groups excluding carboxylic acids is 2. The third kappa shape index (κ3) is 7.91. The summed E-state index contributed by atoms with van der Waals surface area (Å²) < 4.78 is 16.8. The van der Waals surface area contributed by atoms with Crippen molar-refractivity contribution in [3.05, 3.63) is 156 Å². The molecule has 48 heavy (non-hydrogen) atoms. The van der Waals surface area contributed by atoms with E-state index in [2.05, 4.69) is 106 Å². The number of hydrogen-bond acceptors (Lipinski definition) is 6. The summed E-state index contributed by atoms with van der Waals surface area (Å²) in [5, 5.41) is 0. The van der Waals surface area contributed by atoms with Crippen LogP contribution in [0.4, 0.5) is 17.1 Å². The van der Waals surface area contributed by atoms with Gasteiger partial charge in [0, 0.05) is 35.3 Å². The molecule has 0 spiro atoms. The Morgan fingerprint density at radius 3 is 1.44 bits per heavy atom. The largest absolute Gasteiger partial charge is 0.486 e. The SMILES string of the molecule is C=CC(=O)Oc1cc(OC(=O)C=C)cc(C(C)Oc2ccc(-c3ccc(N(c4ccc(C)c(C)c4)c4ccc(C)c(C)c4)cc3)cc2)c1. The first-order valence-corrected chi connectivity index (χ1v) is 15.7. The Kier molecular flexibility index (Phi) is 10.2. The maximum atomic E-state index is 11.8. The zero-order valence-corrected chi connectivity index (χ0v) is 27.9. The van der Waals surface area contributed by atoms with Gasteiger partial charge in [-0.1, -0.05) is 49.6 Å². The Morgan fingerprint density at radius 1 is 0.562 bits per heavy atom. The molecule has 5 rings (SSSR count). The first-order chi connectivity index (χ1) is 23.0. The number of rotatable bonds is 11. The van der Waals surface area contributed by atoms with Crippen molar-refractivity contribution < 1.29 is 23.8 Å². The molecule has 0 saturated heterocycles. The van der Waals surface area contributed by atoms with Gasteiger partial charge in [-0.25, -0.2) is 9.59 Å². The average Bonchev–Trinajstić information content (AvgIpc) is 3.08. The maximum absolute atomic E-state index is 11.8. The standard InChI is InChI=1S/C42H39NO5/c1-8-41(44)47-39-24-34(25-40(26-39)48-42(45)9-2)31(7)46-38-20-14-33(15-21-38)32-12-18-35(19-13-32)43(36-16-10-27(3)29(5)22-36)37-17-11-28(4)30(6)23-37/h8-26,31H,1-2H2,3-7H3. The summed E-state index contributed by atoms with van der Waals surface area (Å²) in [6.45, 7) is 17.3. The van der Waals surface area contributed by atoms with Crippen LogP contribution in [-0.4, -0.2) is 11.9 Å². The molecular formula is C42H39NO5. The number of hydrogen-bond donors (Lipinski definition) is 0. The van der Waals surface area contributed by atoms with Crippen molar-refractivity contribution in [1.82, 2.24) is 0 Å². The van der Waals surface area contributed by atoms with Gasteiger partial charge in [-0.2, -0.15) is 0 Å². The van der Waals surface area contributed by atoms with Gasteiger partial charge in [-0.3, -0.25) is 0 Å². The molecule has 6 heteroatoms. The molecule has 0 amide bonds. The van der Waals surface area contributed by atoms with E-state index in [0.717, 1.165) is 40.3 Å². The minimum Gasteiger partial charge on any atom is -0.486 e. The smallest absolute Gasteiger partial charge is 0.335 e. The third-order valence-electron chi connectivity index (χ3n) is 8.27. The van der Waals surface area contributed by atoms with Gasteiger partial charge in [0.05, 0.1) is 0 Å². The fourth-order valence-corrected chi connectivity index (χ4v) is 5.24. The molecule has 1 unspecified atom stereocenters. The number of nitrogens with zero attached hydrogens (tertiary/aromatic N) is 1. The van der Waals surface area contributed by atoms with Crippen LogP contribution in [0.3, 0.4) is 0 Å². The molecule has 1 atom stereocenters. The molecule has 0 saturated carbocycles. The van der Waals surface area contributed by atoms with Gasteiger partial charge in [0.25, 0.3) is 0 Å². The summed E-state index contributed by atoms with van der Waals surface area (Å²) >= 11 is 0. The Labute approximate surface area is 282 Å². The number of anilines is 3. The van der Waals surface area contributed by atoms with Crippen molar-refractivity contribution in [2.45, 2.75) is 40.7 Å². The van der Waals surface area contributed by atoms with Crippen LogP contribution in [0, 0.1) is 27.7 Å². The lowest BCUT2D eigenvalue weighted by atomic mass is 10.0. The molecule has 5 aromatic carbocycles. The Bertz CT molecular complexity index is 1880. The first-order valence-electron chi connectivity index (χ1n) is 15.7. The van der Waals surface area contributed by atoms with Crippen LogP contribution < -0.4 is 19.1 Å². The maximum Gasteiger partial charge on any atom is 0.335 e. The number of aryl methyl sites for hydroxylation is 4. The van der Waals surface area contributed by atoms with Gasteiger partial charge in [0.15, 0.2) is 0 Å². The summed E-state index contributed by atoms with van der Waals surface area (Å²) in [5.41, 5.74) is 11.1. The third-order valence-corrected chi connectivity index (χ3v) is 8.27. The monoisotopic (exact) mass is 637 g/mol. The molecule has 5 aromatic rings. The van der Waals surface area contributed by atoms with Gasteiger partial charge in [0.2, 0.25) is 0 Å². The van der Waals surface area contributed by atoms with E-state index in [4.69, 9.17) is 14.2 Å². The number of benzene rings is 5. The summed E-state index contributed by atoms with van der Waals surface area (Å²) in [6.07, 6.45) is 1.66. The lowest BCUT2D eigenvalue weighted by molar-refractivity contribution is -0.129. The highest BCUT2D eigenvalue weighted by Gasteiger charge is 2.16. The quantitative estimate of drug-likeness (QED) is 0.0816. The van der Waals surface area contributed by atoms with Gasteiger partial charge >= 0.3 is 11.9 Å².